The van der Waals surface area contributed by atoms with Gasteiger partial charge in [-0.15, -0.1) is 0 Å². The van der Waals surface area contributed by atoms with E-state index in [0.29, 0.717) is 31.7 Å². The largest absolute Gasteiger partial charge is 0.322 e. The second kappa shape index (κ2) is 4.93. The molecule has 2 aliphatic heterocycles. The molecule has 1 N–H and O–H groups in total. The molecule has 114 valence electrons. The molecule has 4 rings (SSSR count). The van der Waals surface area contributed by atoms with Crippen molar-refractivity contribution in [3.05, 3.63) is 34.9 Å². The predicted octanol–water partition coefficient (Wildman–Crippen LogP) is 1.72. The van der Waals surface area contributed by atoms with E-state index in [9.17, 15) is 14.4 Å². The van der Waals surface area contributed by atoms with Crippen LogP contribution in [0.2, 0.25) is 0 Å². The summed E-state index contributed by atoms with van der Waals surface area (Å²) in [6.07, 6.45) is 3.91. The Morgan fingerprint density at radius 2 is 1.91 bits per heavy atom. The summed E-state index contributed by atoms with van der Waals surface area (Å²) in [5.41, 5.74) is 3.07. The van der Waals surface area contributed by atoms with Gasteiger partial charge in [0.05, 0.1) is 0 Å². The first-order valence-corrected chi connectivity index (χ1v) is 7.91. The Hall–Kier alpha value is -2.17. The van der Waals surface area contributed by atoms with Crippen molar-refractivity contribution in [1.29, 1.82) is 0 Å². The van der Waals surface area contributed by atoms with Gasteiger partial charge in [-0.3, -0.25) is 19.7 Å². The number of nitrogens with one attached hydrogen (secondary N) is 1. The van der Waals surface area contributed by atoms with E-state index in [-0.39, 0.29) is 17.7 Å². The normalized spacial score (nSPS) is 25.0. The Labute approximate surface area is 128 Å². The van der Waals surface area contributed by atoms with Crippen molar-refractivity contribution in [2.45, 2.75) is 50.6 Å². The minimum Gasteiger partial charge on any atom is -0.322 e. The molecule has 0 aromatic heterocycles. The van der Waals surface area contributed by atoms with Crippen molar-refractivity contribution in [2.75, 3.05) is 0 Å². The number of imide groups is 1. The van der Waals surface area contributed by atoms with Gasteiger partial charge in [0.2, 0.25) is 11.8 Å². The van der Waals surface area contributed by atoms with Crippen molar-refractivity contribution in [3.63, 3.8) is 0 Å². The average Bonchev–Trinajstić information content (AvgIpc) is 3.29. The van der Waals surface area contributed by atoms with Gasteiger partial charge in [0, 0.05) is 18.5 Å². The summed E-state index contributed by atoms with van der Waals surface area (Å²) < 4.78 is 0. The summed E-state index contributed by atoms with van der Waals surface area (Å²) in [4.78, 5) is 38.0. The fourth-order valence-electron chi connectivity index (χ4n) is 3.57. The highest BCUT2D eigenvalue weighted by Crippen LogP contribution is 2.44. The van der Waals surface area contributed by atoms with Crippen molar-refractivity contribution in [1.82, 2.24) is 10.2 Å². The molecular formula is C17H18N2O3. The molecular weight excluding hydrogens is 280 g/mol. The molecule has 0 bridgehead atoms. The number of nitrogens with zero attached hydrogens (tertiary/aromatic N) is 1. The monoisotopic (exact) mass is 298 g/mol. The summed E-state index contributed by atoms with van der Waals surface area (Å²) in [6.45, 7) is 0.493. The molecule has 2 heterocycles. The van der Waals surface area contributed by atoms with E-state index in [4.69, 9.17) is 0 Å². The molecule has 1 saturated heterocycles. The zero-order valence-electron chi connectivity index (χ0n) is 12.3. The SMILES string of the molecule is O=C1CCC[C@H](N2Cc3c(cccc3C3CC3)C2=O)C(=O)N1. The molecule has 5 heteroatoms. The number of amides is 3. The zero-order valence-corrected chi connectivity index (χ0v) is 12.3. The first kappa shape index (κ1) is 13.5. The van der Waals surface area contributed by atoms with E-state index < -0.39 is 6.04 Å². The Morgan fingerprint density at radius 1 is 1.09 bits per heavy atom. The number of hydrogen-bond donors (Lipinski definition) is 1. The molecule has 0 spiro atoms. The number of carbonyl (C=O) groups is 3. The summed E-state index contributed by atoms with van der Waals surface area (Å²) in [7, 11) is 0. The maximum Gasteiger partial charge on any atom is 0.255 e. The minimum absolute atomic E-state index is 0.0769. The maximum atomic E-state index is 12.7. The van der Waals surface area contributed by atoms with E-state index in [1.807, 2.05) is 12.1 Å². The van der Waals surface area contributed by atoms with Gasteiger partial charge in [0.1, 0.15) is 6.04 Å². The number of benzene rings is 1. The lowest BCUT2D eigenvalue weighted by molar-refractivity contribution is -0.132. The van der Waals surface area contributed by atoms with Crippen LogP contribution in [0.5, 0.6) is 0 Å². The molecule has 2 fully saturated rings. The second-order valence-electron chi connectivity index (χ2n) is 6.40. The van der Waals surface area contributed by atoms with E-state index in [1.54, 1.807) is 4.90 Å². The maximum absolute atomic E-state index is 12.7. The van der Waals surface area contributed by atoms with Crippen molar-refractivity contribution in [2.24, 2.45) is 0 Å². The number of hydrogen-bond acceptors (Lipinski definition) is 3. The van der Waals surface area contributed by atoms with Crippen LogP contribution in [0, 0.1) is 0 Å². The molecule has 1 atom stereocenters. The van der Waals surface area contributed by atoms with Crippen molar-refractivity contribution < 1.29 is 14.4 Å². The standard InChI is InChI=1S/C17H18N2O3/c20-15-6-2-5-14(16(21)18-15)19-9-13-11(10-7-8-10)3-1-4-12(13)17(19)22/h1,3-4,10,14H,2,5-9H2,(H,18,20,21)/t14-/m0/s1. The third-order valence-corrected chi connectivity index (χ3v) is 4.87. The van der Waals surface area contributed by atoms with Crippen LogP contribution in [0.4, 0.5) is 0 Å². The average molecular weight is 298 g/mol. The number of carbonyl (C=O) groups excluding carboxylic acids is 3. The lowest BCUT2D eigenvalue weighted by Gasteiger charge is -2.24. The van der Waals surface area contributed by atoms with Crippen LogP contribution in [0.1, 0.15) is 59.5 Å². The first-order valence-electron chi connectivity index (χ1n) is 7.91. The summed E-state index contributed by atoms with van der Waals surface area (Å²) >= 11 is 0. The smallest absolute Gasteiger partial charge is 0.255 e. The van der Waals surface area contributed by atoms with E-state index >= 15 is 0 Å². The number of fused-ring (bicyclic) bond motifs is 1. The van der Waals surface area contributed by atoms with Crippen LogP contribution >= 0.6 is 0 Å². The van der Waals surface area contributed by atoms with E-state index in [2.05, 4.69) is 11.4 Å². The molecule has 0 unspecified atom stereocenters. The van der Waals surface area contributed by atoms with Gasteiger partial charge in [0.25, 0.3) is 5.91 Å². The lowest BCUT2D eigenvalue weighted by atomic mass is 10.00. The highest BCUT2D eigenvalue weighted by Gasteiger charge is 2.40. The highest BCUT2D eigenvalue weighted by atomic mass is 16.2. The van der Waals surface area contributed by atoms with Crippen molar-refractivity contribution in [3.8, 4) is 0 Å². The molecule has 5 nitrogen and oxygen atoms in total. The van der Waals surface area contributed by atoms with Crippen LogP contribution < -0.4 is 5.32 Å². The molecule has 0 radical (unpaired) electrons. The van der Waals surface area contributed by atoms with Crippen LogP contribution in [0.3, 0.4) is 0 Å². The third kappa shape index (κ3) is 2.12. The molecule has 1 aromatic carbocycles. The van der Waals surface area contributed by atoms with Crippen LogP contribution in [-0.2, 0) is 16.1 Å². The summed E-state index contributed by atoms with van der Waals surface area (Å²) in [6, 6.07) is 5.36. The molecule has 1 aromatic rings. The molecule has 3 aliphatic rings. The van der Waals surface area contributed by atoms with Gasteiger partial charge in [-0.25, -0.2) is 0 Å². The van der Waals surface area contributed by atoms with Crippen molar-refractivity contribution >= 4 is 17.7 Å². The summed E-state index contributed by atoms with van der Waals surface area (Å²) in [5, 5.41) is 2.39. The van der Waals surface area contributed by atoms with E-state index in [0.717, 1.165) is 11.1 Å². The Balaban J connectivity index is 1.65. The van der Waals surface area contributed by atoms with Crippen LogP contribution in [0.25, 0.3) is 0 Å². The Bertz CT molecular complexity index is 678. The molecule has 1 aliphatic carbocycles. The van der Waals surface area contributed by atoms with E-state index in [1.165, 1.54) is 18.4 Å². The van der Waals surface area contributed by atoms with Gasteiger partial charge < -0.3 is 4.90 Å². The minimum atomic E-state index is -0.529. The lowest BCUT2D eigenvalue weighted by Crippen LogP contribution is -2.46. The topological polar surface area (TPSA) is 66.5 Å². The van der Waals surface area contributed by atoms with Gasteiger partial charge in [-0.1, -0.05) is 12.1 Å². The van der Waals surface area contributed by atoms with Gasteiger partial charge >= 0.3 is 0 Å². The molecule has 1 saturated carbocycles. The van der Waals surface area contributed by atoms with Gasteiger partial charge in [-0.05, 0) is 48.8 Å². The molecule has 22 heavy (non-hydrogen) atoms. The fourth-order valence-corrected chi connectivity index (χ4v) is 3.57. The highest BCUT2D eigenvalue weighted by molar-refractivity contribution is 6.04. The fraction of sp³-hybridized carbons (Fsp3) is 0.471. The quantitative estimate of drug-likeness (QED) is 0.845. The van der Waals surface area contributed by atoms with Crippen LogP contribution in [-0.4, -0.2) is 28.7 Å². The second-order valence-corrected chi connectivity index (χ2v) is 6.40. The van der Waals surface area contributed by atoms with Crippen LogP contribution in [0.15, 0.2) is 18.2 Å². The zero-order chi connectivity index (χ0) is 15.3. The first-order chi connectivity index (χ1) is 10.6. The Kier molecular flexibility index (Phi) is 3.03. The Morgan fingerprint density at radius 3 is 2.68 bits per heavy atom. The predicted molar refractivity (Wildman–Crippen MR) is 79.1 cm³/mol. The third-order valence-electron chi connectivity index (χ3n) is 4.87. The van der Waals surface area contributed by atoms with Gasteiger partial charge in [0.15, 0.2) is 0 Å². The van der Waals surface area contributed by atoms with Gasteiger partial charge in [-0.2, -0.15) is 0 Å². The molecule has 3 amide bonds. The summed E-state index contributed by atoms with van der Waals surface area (Å²) in [5.74, 6) is -0.0776. The number of rotatable bonds is 2.